The van der Waals surface area contributed by atoms with Crippen molar-refractivity contribution in [3.63, 3.8) is 0 Å². The maximum atomic E-state index is 13.3. The highest BCUT2D eigenvalue weighted by Crippen LogP contribution is 2.20. The summed E-state index contributed by atoms with van der Waals surface area (Å²) in [4.78, 5) is 26.5. The van der Waals surface area contributed by atoms with Crippen molar-refractivity contribution >= 4 is 17.6 Å². The van der Waals surface area contributed by atoms with E-state index in [0.717, 1.165) is 37.2 Å². The molecular weight excluding hydrogens is 354 g/mol. The lowest BCUT2D eigenvalue weighted by atomic mass is 10.0. The van der Waals surface area contributed by atoms with Crippen LogP contribution < -0.4 is 10.6 Å². The van der Waals surface area contributed by atoms with Gasteiger partial charge in [-0.1, -0.05) is 30.3 Å². The van der Waals surface area contributed by atoms with Crippen LogP contribution in [0.25, 0.3) is 0 Å². The smallest absolute Gasteiger partial charge is 0.325 e. The molecule has 3 rings (SSSR count). The number of anilines is 1. The van der Waals surface area contributed by atoms with E-state index in [0.29, 0.717) is 12.1 Å². The third kappa shape index (κ3) is 5.33. The molecule has 1 saturated heterocycles. The molecule has 0 spiro atoms. The first-order valence-corrected chi connectivity index (χ1v) is 9.63. The minimum absolute atomic E-state index is 0.0373. The lowest BCUT2D eigenvalue weighted by Gasteiger charge is -2.35. The molecule has 2 aromatic carbocycles. The van der Waals surface area contributed by atoms with Gasteiger partial charge in [0.15, 0.2) is 0 Å². The molecule has 28 heavy (non-hydrogen) atoms. The van der Waals surface area contributed by atoms with Crippen molar-refractivity contribution in [3.05, 3.63) is 65.7 Å². The molecule has 6 nitrogen and oxygen atoms in total. The first-order valence-electron chi connectivity index (χ1n) is 9.63. The summed E-state index contributed by atoms with van der Waals surface area (Å²) in [5.41, 5.74) is 2.56. The standard InChI is InChI=1S/C22H27N3O3/c1-28-21(26)15-24-19-9-7-18(8-10-19)22(27)25(20-11-13-23-14-12-20)16-17-5-3-2-4-6-17/h2-10,20,23-24H,11-16H2,1H3. The second kappa shape index (κ2) is 9.90. The van der Waals surface area contributed by atoms with Gasteiger partial charge >= 0.3 is 5.97 Å². The Bertz CT molecular complexity index is 771. The van der Waals surface area contributed by atoms with Crippen molar-refractivity contribution in [2.45, 2.75) is 25.4 Å². The third-order valence-electron chi connectivity index (χ3n) is 5.00. The van der Waals surface area contributed by atoms with E-state index in [1.807, 2.05) is 35.2 Å². The number of piperidine rings is 1. The Hall–Kier alpha value is -2.86. The van der Waals surface area contributed by atoms with Gasteiger partial charge in [-0.3, -0.25) is 9.59 Å². The molecule has 1 aliphatic heterocycles. The molecule has 1 aliphatic rings. The topological polar surface area (TPSA) is 70.7 Å². The number of ether oxygens (including phenoxy) is 1. The highest BCUT2D eigenvalue weighted by molar-refractivity contribution is 5.94. The number of esters is 1. The first-order chi connectivity index (χ1) is 13.7. The zero-order valence-electron chi connectivity index (χ0n) is 16.2. The number of benzene rings is 2. The maximum absolute atomic E-state index is 13.3. The number of carbonyl (C=O) groups is 2. The summed E-state index contributed by atoms with van der Waals surface area (Å²) in [5.74, 6) is -0.296. The zero-order chi connectivity index (χ0) is 19.8. The van der Waals surface area contributed by atoms with E-state index >= 15 is 0 Å². The van der Waals surface area contributed by atoms with Gasteiger partial charge in [-0.25, -0.2) is 0 Å². The highest BCUT2D eigenvalue weighted by atomic mass is 16.5. The molecule has 2 aromatic rings. The second-order valence-corrected chi connectivity index (χ2v) is 6.91. The van der Waals surface area contributed by atoms with Crippen LogP contribution in [-0.2, 0) is 16.1 Å². The van der Waals surface area contributed by atoms with Crippen molar-refractivity contribution in [3.8, 4) is 0 Å². The SMILES string of the molecule is COC(=O)CNc1ccc(C(=O)N(Cc2ccccc2)C2CCNCC2)cc1. The van der Waals surface area contributed by atoms with Crippen molar-refractivity contribution in [2.75, 3.05) is 32.1 Å². The second-order valence-electron chi connectivity index (χ2n) is 6.91. The van der Waals surface area contributed by atoms with Crippen molar-refractivity contribution < 1.29 is 14.3 Å². The van der Waals surface area contributed by atoms with Gasteiger partial charge in [0, 0.05) is 23.8 Å². The van der Waals surface area contributed by atoms with Gasteiger partial charge < -0.3 is 20.3 Å². The third-order valence-corrected chi connectivity index (χ3v) is 5.00. The summed E-state index contributed by atoms with van der Waals surface area (Å²) in [5, 5.41) is 6.35. The number of rotatable bonds is 7. The fourth-order valence-electron chi connectivity index (χ4n) is 3.41. The van der Waals surface area contributed by atoms with Crippen molar-refractivity contribution in [1.82, 2.24) is 10.2 Å². The fourth-order valence-corrected chi connectivity index (χ4v) is 3.41. The normalized spacial score (nSPS) is 14.3. The Balaban J connectivity index is 1.73. The largest absolute Gasteiger partial charge is 0.468 e. The van der Waals surface area contributed by atoms with Gasteiger partial charge in [-0.15, -0.1) is 0 Å². The Morgan fingerprint density at radius 3 is 2.39 bits per heavy atom. The molecule has 0 radical (unpaired) electrons. The van der Waals surface area contributed by atoms with Crippen LogP contribution in [0.15, 0.2) is 54.6 Å². The highest BCUT2D eigenvalue weighted by Gasteiger charge is 2.26. The first kappa shape index (κ1) is 19.9. The van der Waals surface area contributed by atoms with Gasteiger partial charge in [0.05, 0.1) is 7.11 Å². The predicted molar refractivity (Wildman–Crippen MR) is 109 cm³/mol. The van der Waals surface area contributed by atoms with Crippen LogP contribution >= 0.6 is 0 Å². The zero-order valence-corrected chi connectivity index (χ0v) is 16.2. The van der Waals surface area contributed by atoms with Gasteiger partial charge in [0.25, 0.3) is 5.91 Å². The fraction of sp³-hybridized carbons (Fsp3) is 0.364. The molecule has 1 heterocycles. The van der Waals surface area contributed by atoms with Crippen LogP contribution in [-0.4, -0.2) is 49.6 Å². The van der Waals surface area contributed by atoms with E-state index in [4.69, 9.17) is 0 Å². The minimum Gasteiger partial charge on any atom is -0.468 e. The summed E-state index contributed by atoms with van der Waals surface area (Å²) >= 11 is 0. The summed E-state index contributed by atoms with van der Waals surface area (Å²) in [7, 11) is 1.36. The summed E-state index contributed by atoms with van der Waals surface area (Å²) in [6.45, 7) is 2.56. The van der Waals surface area contributed by atoms with Gasteiger partial charge in [0.2, 0.25) is 0 Å². The average molecular weight is 381 g/mol. The Morgan fingerprint density at radius 2 is 1.75 bits per heavy atom. The number of hydrogen-bond donors (Lipinski definition) is 2. The monoisotopic (exact) mass is 381 g/mol. The number of carbonyl (C=O) groups excluding carboxylic acids is 2. The minimum atomic E-state index is -0.333. The average Bonchev–Trinajstić information content (AvgIpc) is 2.77. The molecule has 0 aromatic heterocycles. The molecule has 148 valence electrons. The van der Waals surface area contributed by atoms with Crippen LogP contribution in [0.5, 0.6) is 0 Å². The summed E-state index contributed by atoms with van der Waals surface area (Å²) in [6, 6.07) is 17.6. The van der Waals surface area contributed by atoms with Gasteiger partial charge in [-0.05, 0) is 55.8 Å². The quantitative estimate of drug-likeness (QED) is 0.722. The summed E-state index contributed by atoms with van der Waals surface area (Å²) in [6.07, 6.45) is 1.91. The van der Waals surface area contributed by atoms with Crippen LogP contribution in [0.2, 0.25) is 0 Å². The predicted octanol–water partition coefficient (Wildman–Crippen LogP) is 2.67. The van der Waals surface area contributed by atoms with Crippen molar-refractivity contribution in [2.24, 2.45) is 0 Å². The molecule has 0 atom stereocenters. The van der Waals surface area contributed by atoms with E-state index in [9.17, 15) is 9.59 Å². The van der Waals surface area contributed by atoms with Gasteiger partial charge in [-0.2, -0.15) is 0 Å². The number of hydrogen-bond acceptors (Lipinski definition) is 5. The van der Waals surface area contributed by atoms with E-state index < -0.39 is 0 Å². The Labute approximate surface area is 165 Å². The van der Waals surface area contributed by atoms with Crippen LogP contribution in [0.3, 0.4) is 0 Å². The molecule has 1 amide bonds. The lowest BCUT2D eigenvalue weighted by Crippen LogP contribution is -2.45. The van der Waals surface area contributed by atoms with Crippen molar-refractivity contribution in [1.29, 1.82) is 0 Å². The molecular formula is C22H27N3O3. The molecule has 0 bridgehead atoms. The Morgan fingerprint density at radius 1 is 1.07 bits per heavy atom. The van der Waals surface area contributed by atoms with Gasteiger partial charge in [0.1, 0.15) is 6.54 Å². The molecule has 0 saturated carbocycles. The molecule has 1 fully saturated rings. The number of methoxy groups -OCH3 is 1. The van der Waals surface area contributed by atoms with Crippen LogP contribution in [0, 0.1) is 0 Å². The van der Waals surface area contributed by atoms with E-state index in [1.165, 1.54) is 7.11 Å². The molecule has 6 heteroatoms. The number of nitrogens with zero attached hydrogens (tertiary/aromatic N) is 1. The molecule has 2 N–H and O–H groups in total. The molecule has 0 unspecified atom stereocenters. The van der Waals surface area contributed by atoms with E-state index in [2.05, 4.69) is 27.5 Å². The number of amides is 1. The van der Waals surface area contributed by atoms with E-state index in [1.54, 1.807) is 12.1 Å². The van der Waals surface area contributed by atoms with Crippen LogP contribution in [0.4, 0.5) is 5.69 Å². The number of nitrogens with one attached hydrogen (secondary N) is 2. The van der Waals surface area contributed by atoms with E-state index in [-0.39, 0.29) is 24.5 Å². The molecule has 0 aliphatic carbocycles. The maximum Gasteiger partial charge on any atom is 0.325 e. The lowest BCUT2D eigenvalue weighted by molar-refractivity contribution is -0.138. The Kier molecular flexibility index (Phi) is 7.03. The van der Waals surface area contributed by atoms with Crippen LogP contribution in [0.1, 0.15) is 28.8 Å². The summed E-state index contributed by atoms with van der Waals surface area (Å²) < 4.78 is 4.62.